The van der Waals surface area contributed by atoms with Crippen molar-refractivity contribution in [1.82, 2.24) is 19.7 Å². The van der Waals surface area contributed by atoms with E-state index in [-0.39, 0.29) is 11.7 Å². The maximum absolute atomic E-state index is 12.7. The van der Waals surface area contributed by atoms with E-state index in [1.807, 2.05) is 29.6 Å². The van der Waals surface area contributed by atoms with Gasteiger partial charge < -0.3 is 9.88 Å². The molecule has 0 saturated carbocycles. The molecule has 0 atom stereocenters. The Hall–Kier alpha value is -2.98. The first-order valence-electron chi connectivity index (χ1n) is 11.7. The quantitative estimate of drug-likeness (QED) is 0.194. The molecule has 0 aliphatic carbocycles. The summed E-state index contributed by atoms with van der Waals surface area (Å²) in [4.78, 5) is 18.5. The lowest BCUT2D eigenvalue weighted by Gasteiger charge is -2.09. The molecule has 0 bridgehead atoms. The van der Waals surface area contributed by atoms with E-state index in [9.17, 15) is 4.79 Å². The van der Waals surface area contributed by atoms with Gasteiger partial charge in [-0.15, -0.1) is 32.9 Å². The summed E-state index contributed by atoms with van der Waals surface area (Å²) in [6.07, 6.45) is 0. The third-order valence-corrected chi connectivity index (χ3v) is 8.70. The second-order valence-electron chi connectivity index (χ2n) is 8.38. The Bertz CT molecular complexity index is 1540. The lowest BCUT2D eigenvalue weighted by Crippen LogP contribution is -2.14. The van der Waals surface area contributed by atoms with Crippen LogP contribution >= 0.6 is 46.0 Å². The number of halogens is 1. The van der Waals surface area contributed by atoms with Crippen LogP contribution in [0.5, 0.6) is 0 Å². The Kier molecular flexibility index (Phi) is 7.76. The van der Waals surface area contributed by atoms with Crippen molar-refractivity contribution in [3.63, 3.8) is 0 Å². The number of thiophene rings is 1. The number of benzene rings is 2. The van der Waals surface area contributed by atoms with Crippen LogP contribution in [-0.4, -0.2) is 31.4 Å². The lowest BCUT2D eigenvalue weighted by atomic mass is 10.0. The number of hydrogen-bond acceptors (Lipinski definition) is 7. The number of aryl methyl sites for hydroxylation is 2. The molecule has 1 amide bonds. The molecule has 37 heavy (non-hydrogen) atoms. The Morgan fingerprint density at radius 1 is 1.00 bits per heavy atom. The summed E-state index contributed by atoms with van der Waals surface area (Å²) in [6.45, 7) is 6.99. The minimum atomic E-state index is -0.138. The van der Waals surface area contributed by atoms with Gasteiger partial charge in [-0.25, -0.2) is 4.98 Å². The molecule has 5 rings (SSSR count). The van der Waals surface area contributed by atoms with Crippen molar-refractivity contribution in [2.24, 2.45) is 0 Å². The maximum Gasteiger partial charge on any atom is 0.236 e. The first kappa shape index (κ1) is 25.7. The van der Waals surface area contributed by atoms with Gasteiger partial charge in [0.25, 0.3) is 0 Å². The standard InChI is InChI=1S/C27H24ClN5OS3/c1-4-33-25(21-13-35-17(3)24(21)19-7-5-16(2)6-8-19)31-32-27(33)37-15-23(34)30-26-29-22(14-36-26)18-9-11-20(28)12-10-18/h5-14H,4,15H2,1-3H3,(H,29,30,34). The van der Waals surface area contributed by atoms with E-state index < -0.39 is 0 Å². The molecule has 0 fully saturated rings. The molecule has 0 radical (unpaired) electrons. The topological polar surface area (TPSA) is 72.7 Å². The lowest BCUT2D eigenvalue weighted by molar-refractivity contribution is -0.113. The van der Waals surface area contributed by atoms with Gasteiger partial charge >= 0.3 is 0 Å². The van der Waals surface area contributed by atoms with Crippen LogP contribution in [0.3, 0.4) is 0 Å². The van der Waals surface area contributed by atoms with Crippen molar-refractivity contribution in [2.45, 2.75) is 32.5 Å². The molecule has 6 nitrogen and oxygen atoms in total. The van der Waals surface area contributed by atoms with E-state index in [0.29, 0.717) is 21.9 Å². The number of nitrogens with zero attached hydrogens (tertiary/aromatic N) is 4. The summed E-state index contributed by atoms with van der Waals surface area (Å²) in [5, 5.41) is 17.9. The molecule has 0 unspecified atom stereocenters. The second-order valence-corrected chi connectivity index (χ2v) is 11.7. The summed E-state index contributed by atoms with van der Waals surface area (Å²) in [5.41, 5.74) is 6.39. The molecule has 2 aromatic carbocycles. The van der Waals surface area contributed by atoms with Crippen LogP contribution < -0.4 is 5.32 Å². The highest BCUT2D eigenvalue weighted by molar-refractivity contribution is 7.99. The van der Waals surface area contributed by atoms with Gasteiger partial charge in [0.1, 0.15) is 0 Å². The number of hydrogen-bond donors (Lipinski definition) is 1. The molecule has 3 heterocycles. The minimum absolute atomic E-state index is 0.138. The minimum Gasteiger partial charge on any atom is -0.302 e. The number of rotatable bonds is 8. The predicted octanol–water partition coefficient (Wildman–Crippen LogP) is 7.82. The molecule has 0 aliphatic rings. The van der Waals surface area contributed by atoms with Crippen LogP contribution in [0.2, 0.25) is 5.02 Å². The van der Waals surface area contributed by atoms with E-state index in [2.05, 4.69) is 75.5 Å². The molecule has 188 valence electrons. The van der Waals surface area contributed by atoms with Crippen molar-refractivity contribution in [2.75, 3.05) is 11.1 Å². The van der Waals surface area contributed by atoms with Crippen LogP contribution in [0.4, 0.5) is 5.13 Å². The SMILES string of the molecule is CCn1c(SCC(=O)Nc2nc(-c3ccc(Cl)cc3)cs2)nnc1-c1csc(C)c1-c1ccc(C)cc1. The number of aromatic nitrogens is 4. The fraction of sp³-hybridized carbons (Fsp3) is 0.185. The summed E-state index contributed by atoms with van der Waals surface area (Å²) in [6, 6.07) is 16.0. The molecule has 1 N–H and O–H groups in total. The highest BCUT2D eigenvalue weighted by Crippen LogP contribution is 2.39. The van der Waals surface area contributed by atoms with E-state index >= 15 is 0 Å². The van der Waals surface area contributed by atoms with Crippen LogP contribution in [0, 0.1) is 13.8 Å². The van der Waals surface area contributed by atoms with Gasteiger partial charge in [-0.1, -0.05) is 65.3 Å². The van der Waals surface area contributed by atoms with E-state index in [0.717, 1.165) is 22.6 Å². The van der Waals surface area contributed by atoms with Gasteiger partial charge in [-0.05, 0) is 38.5 Å². The Morgan fingerprint density at radius 3 is 2.46 bits per heavy atom. The average molecular weight is 566 g/mol. The fourth-order valence-corrected chi connectivity index (χ4v) is 6.48. The normalized spacial score (nSPS) is 11.1. The number of thiazole rings is 1. The maximum atomic E-state index is 12.7. The zero-order valence-corrected chi connectivity index (χ0v) is 23.7. The Labute approximate surface area is 232 Å². The van der Waals surface area contributed by atoms with Crippen molar-refractivity contribution in [1.29, 1.82) is 0 Å². The van der Waals surface area contributed by atoms with E-state index in [1.165, 1.54) is 44.7 Å². The smallest absolute Gasteiger partial charge is 0.236 e. The molecule has 5 aromatic rings. The second kappa shape index (κ2) is 11.2. The summed E-state index contributed by atoms with van der Waals surface area (Å²) >= 11 is 10.4. The molecule has 0 spiro atoms. The van der Waals surface area contributed by atoms with Gasteiger partial charge in [0.2, 0.25) is 5.91 Å². The first-order chi connectivity index (χ1) is 17.9. The van der Waals surface area contributed by atoms with Crippen LogP contribution in [0.1, 0.15) is 17.4 Å². The zero-order chi connectivity index (χ0) is 25.9. The molecule has 0 saturated heterocycles. The van der Waals surface area contributed by atoms with Crippen molar-refractivity contribution >= 4 is 57.1 Å². The van der Waals surface area contributed by atoms with Crippen molar-refractivity contribution in [3.05, 3.63) is 74.8 Å². The summed E-state index contributed by atoms with van der Waals surface area (Å²) < 4.78 is 2.07. The molecule has 0 aliphatic heterocycles. The van der Waals surface area contributed by atoms with Gasteiger partial charge in [0.15, 0.2) is 16.1 Å². The van der Waals surface area contributed by atoms with E-state index in [4.69, 9.17) is 11.6 Å². The number of thioether (sulfide) groups is 1. The van der Waals surface area contributed by atoms with Crippen LogP contribution in [0.15, 0.2) is 64.4 Å². The van der Waals surface area contributed by atoms with Gasteiger partial charge in [-0.3, -0.25) is 4.79 Å². The fourth-order valence-electron chi connectivity index (χ4n) is 3.95. The number of amides is 1. The third kappa shape index (κ3) is 5.65. The predicted molar refractivity (Wildman–Crippen MR) is 156 cm³/mol. The van der Waals surface area contributed by atoms with Crippen molar-refractivity contribution < 1.29 is 4.79 Å². The summed E-state index contributed by atoms with van der Waals surface area (Å²) in [5.74, 6) is 0.889. The largest absolute Gasteiger partial charge is 0.302 e. The Morgan fingerprint density at radius 2 is 1.73 bits per heavy atom. The van der Waals surface area contributed by atoms with Crippen LogP contribution in [0.25, 0.3) is 33.8 Å². The highest BCUT2D eigenvalue weighted by atomic mass is 35.5. The first-order valence-corrected chi connectivity index (χ1v) is 14.8. The van der Waals surface area contributed by atoms with Crippen LogP contribution in [-0.2, 0) is 11.3 Å². The monoisotopic (exact) mass is 565 g/mol. The molecular weight excluding hydrogens is 542 g/mol. The third-order valence-electron chi connectivity index (χ3n) is 5.81. The van der Waals surface area contributed by atoms with Crippen molar-refractivity contribution in [3.8, 4) is 33.8 Å². The number of carbonyl (C=O) groups is 1. The number of nitrogens with one attached hydrogen (secondary N) is 1. The number of anilines is 1. The Balaban J connectivity index is 1.29. The highest BCUT2D eigenvalue weighted by Gasteiger charge is 2.20. The number of carbonyl (C=O) groups excluding carboxylic acids is 1. The molecule has 3 aromatic heterocycles. The summed E-state index contributed by atoms with van der Waals surface area (Å²) in [7, 11) is 0. The zero-order valence-electron chi connectivity index (χ0n) is 20.5. The van der Waals surface area contributed by atoms with Gasteiger partial charge in [0.05, 0.1) is 11.4 Å². The van der Waals surface area contributed by atoms with Gasteiger partial charge in [0, 0.05) is 43.9 Å². The van der Waals surface area contributed by atoms with Gasteiger partial charge in [-0.2, -0.15) is 0 Å². The molecular formula is C27H24ClN5OS3. The molecule has 10 heteroatoms. The average Bonchev–Trinajstić information content (AvgIpc) is 3.62. The van der Waals surface area contributed by atoms with E-state index in [1.54, 1.807) is 11.3 Å².